The molecule has 1 aromatic carbocycles. The van der Waals surface area contributed by atoms with Gasteiger partial charge < -0.3 is 5.32 Å². The second-order valence-electron chi connectivity index (χ2n) is 4.02. The quantitative estimate of drug-likeness (QED) is 0.628. The molecule has 0 saturated carbocycles. The molecule has 0 saturated heterocycles. The van der Waals surface area contributed by atoms with Gasteiger partial charge in [-0.25, -0.2) is 0 Å². The van der Waals surface area contributed by atoms with Gasteiger partial charge >= 0.3 is 0 Å². The fraction of sp³-hybridized carbons (Fsp3) is 0.462. The van der Waals surface area contributed by atoms with Crippen molar-refractivity contribution < 1.29 is 4.79 Å². The Labute approximate surface area is 112 Å². The number of benzene rings is 1. The molecule has 0 radical (unpaired) electrons. The van der Waals surface area contributed by atoms with Gasteiger partial charge in [-0.3, -0.25) is 4.79 Å². The summed E-state index contributed by atoms with van der Waals surface area (Å²) in [5, 5.41) is 4.13. The number of carbonyl (C=O) groups is 1. The maximum Gasteiger partial charge on any atom is 0.180 e. The van der Waals surface area contributed by atoms with Crippen LogP contribution in [0.15, 0.2) is 18.2 Å². The van der Waals surface area contributed by atoms with Gasteiger partial charge in [-0.1, -0.05) is 36.5 Å². The van der Waals surface area contributed by atoms with Gasteiger partial charge in [0.25, 0.3) is 0 Å². The monoisotopic (exact) mass is 273 g/mol. The first-order valence-corrected chi connectivity index (χ1v) is 6.54. The highest BCUT2D eigenvalue weighted by molar-refractivity contribution is 6.37. The van der Waals surface area contributed by atoms with E-state index in [1.165, 1.54) is 0 Å². The van der Waals surface area contributed by atoms with E-state index in [4.69, 9.17) is 23.2 Å². The van der Waals surface area contributed by atoms with Crippen molar-refractivity contribution in [1.29, 1.82) is 0 Å². The molecule has 0 heterocycles. The number of halogens is 2. The zero-order chi connectivity index (χ0) is 12.8. The number of rotatable bonds is 6. The Bertz CT molecular complexity index is 393. The first-order valence-electron chi connectivity index (χ1n) is 5.79. The molecule has 0 aromatic heterocycles. The van der Waals surface area contributed by atoms with Crippen LogP contribution in [0.5, 0.6) is 0 Å². The van der Waals surface area contributed by atoms with E-state index >= 15 is 0 Å². The molecule has 0 spiro atoms. The normalized spacial score (nSPS) is 12.5. The van der Waals surface area contributed by atoms with Crippen molar-refractivity contribution in [1.82, 2.24) is 5.32 Å². The minimum atomic E-state index is -0.222. The van der Waals surface area contributed by atoms with Crippen molar-refractivity contribution in [3.05, 3.63) is 33.8 Å². The molecule has 0 aliphatic rings. The van der Waals surface area contributed by atoms with Crippen LogP contribution < -0.4 is 5.32 Å². The highest BCUT2D eigenvalue weighted by Gasteiger charge is 2.17. The standard InChI is InChI=1S/C13H17Cl2NO/c1-3-4-7-16-9(2)13(17)11-6-5-10(14)8-12(11)15/h5-6,8-9,16H,3-4,7H2,1-2H3. The van der Waals surface area contributed by atoms with Crippen LogP contribution in [0.3, 0.4) is 0 Å². The molecular formula is C13H17Cl2NO. The molecule has 1 unspecified atom stereocenters. The Morgan fingerprint density at radius 2 is 2.12 bits per heavy atom. The van der Waals surface area contributed by atoms with Crippen LogP contribution in [0.2, 0.25) is 10.0 Å². The third kappa shape index (κ3) is 4.30. The fourth-order valence-electron chi connectivity index (χ4n) is 1.51. The molecule has 94 valence electrons. The highest BCUT2D eigenvalue weighted by atomic mass is 35.5. The smallest absolute Gasteiger partial charge is 0.180 e. The average molecular weight is 274 g/mol. The molecule has 1 N–H and O–H groups in total. The van der Waals surface area contributed by atoms with E-state index in [9.17, 15) is 4.79 Å². The maximum absolute atomic E-state index is 12.1. The summed E-state index contributed by atoms with van der Waals surface area (Å²) < 4.78 is 0. The molecule has 1 atom stereocenters. The van der Waals surface area contributed by atoms with Crippen molar-refractivity contribution >= 4 is 29.0 Å². The SMILES string of the molecule is CCCCNC(C)C(=O)c1ccc(Cl)cc1Cl. The van der Waals surface area contributed by atoms with Crippen LogP contribution in [0.1, 0.15) is 37.0 Å². The summed E-state index contributed by atoms with van der Waals surface area (Å²) in [6, 6.07) is 4.72. The van der Waals surface area contributed by atoms with Crippen LogP contribution in [0.4, 0.5) is 0 Å². The topological polar surface area (TPSA) is 29.1 Å². The lowest BCUT2D eigenvalue weighted by molar-refractivity contribution is 0.0951. The van der Waals surface area contributed by atoms with Crippen molar-refractivity contribution in [2.45, 2.75) is 32.7 Å². The molecule has 1 aromatic rings. The average Bonchev–Trinajstić information content (AvgIpc) is 2.28. The summed E-state index contributed by atoms with van der Waals surface area (Å²) >= 11 is 11.8. The largest absolute Gasteiger partial charge is 0.307 e. The summed E-state index contributed by atoms with van der Waals surface area (Å²) in [5.41, 5.74) is 0.521. The van der Waals surface area contributed by atoms with E-state index in [0.717, 1.165) is 19.4 Å². The van der Waals surface area contributed by atoms with Gasteiger partial charge in [-0.15, -0.1) is 0 Å². The van der Waals surface area contributed by atoms with Crippen molar-refractivity contribution in [2.24, 2.45) is 0 Å². The van der Waals surface area contributed by atoms with Gasteiger partial charge in [0.1, 0.15) is 0 Å². The molecule has 17 heavy (non-hydrogen) atoms. The third-order valence-corrected chi connectivity index (χ3v) is 3.12. The summed E-state index contributed by atoms with van der Waals surface area (Å²) in [5.74, 6) is 0.00256. The Hall–Kier alpha value is -0.570. The minimum Gasteiger partial charge on any atom is -0.307 e. The lowest BCUT2D eigenvalue weighted by Crippen LogP contribution is -2.34. The van der Waals surface area contributed by atoms with Gasteiger partial charge in [0, 0.05) is 10.6 Å². The number of hydrogen-bond donors (Lipinski definition) is 1. The summed E-state index contributed by atoms with van der Waals surface area (Å²) in [4.78, 5) is 12.1. The molecule has 2 nitrogen and oxygen atoms in total. The first kappa shape index (κ1) is 14.5. The number of ketones is 1. The van der Waals surface area contributed by atoms with Crippen molar-refractivity contribution in [2.75, 3.05) is 6.54 Å². The zero-order valence-corrected chi connectivity index (χ0v) is 11.6. The summed E-state index contributed by atoms with van der Waals surface area (Å²) in [6.07, 6.45) is 2.17. The molecule has 1 rings (SSSR count). The number of Topliss-reactive ketones (excluding diaryl/α,β-unsaturated/α-hetero) is 1. The number of hydrogen-bond acceptors (Lipinski definition) is 2. The lowest BCUT2D eigenvalue weighted by atomic mass is 10.1. The predicted octanol–water partition coefficient (Wildman–Crippen LogP) is 3.95. The maximum atomic E-state index is 12.1. The summed E-state index contributed by atoms with van der Waals surface area (Å²) in [7, 11) is 0. The second-order valence-corrected chi connectivity index (χ2v) is 4.86. The number of unbranched alkanes of at least 4 members (excludes halogenated alkanes) is 1. The van der Waals surface area contributed by atoms with Gasteiger partial charge in [0.05, 0.1) is 11.1 Å². The Balaban J connectivity index is 2.68. The van der Waals surface area contributed by atoms with E-state index in [2.05, 4.69) is 12.2 Å². The Morgan fingerprint density at radius 1 is 1.41 bits per heavy atom. The first-order chi connectivity index (χ1) is 8.06. The predicted molar refractivity (Wildman–Crippen MR) is 73.2 cm³/mol. The van der Waals surface area contributed by atoms with E-state index in [1.54, 1.807) is 18.2 Å². The molecular weight excluding hydrogens is 257 g/mol. The van der Waals surface area contributed by atoms with Crippen molar-refractivity contribution in [3.63, 3.8) is 0 Å². The fourth-order valence-corrected chi connectivity index (χ4v) is 2.01. The van der Waals surface area contributed by atoms with Gasteiger partial charge in [0.2, 0.25) is 0 Å². The number of nitrogens with one attached hydrogen (secondary N) is 1. The van der Waals surface area contributed by atoms with E-state index < -0.39 is 0 Å². The van der Waals surface area contributed by atoms with Crippen LogP contribution in [-0.4, -0.2) is 18.4 Å². The van der Waals surface area contributed by atoms with Crippen LogP contribution in [-0.2, 0) is 0 Å². The Morgan fingerprint density at radius 3 is 2.71 bits per heavy atom. The zero-order valence-electron chi connectivity index (χ0n) is 10.1. The van der Waals surface area contributed by atoms with E-state index in [1.807, 2.05) is 6.92 Å². The molecule has 0 aliphatic heterocycles. The van der Waals surface area contributed by atoms with Crippen molar-refractivity contribution in [3.8, 4) is 0 Å². The highest BCUT2D eigenvalue weighted by Crippen LogP contribution is 2.22. The molecule has 0 amide bonds. The summed E-state index contributed by atoms with van der Waals surface area (Å²) in [6.45, 7) is 4.81. The molecule has 4 heteroatoms. The van der Waals surface area contributed by atoms with Gasteiger partial charge in [0.15, 0.2) is 5.78 Å². The molecule has 0 fully saturated rings. The molecule has 0 bridgehead atoms. The van der Waals surface area contributed by atoms with Gasteiger partial charge in [-0.2, -0.15) is 0 Å². The van der Waals surface area contributed by atoms with Gasteiger partial charge in [-0.05, 0) is 38.1 Å². The van der Waals surface area contributed by atoms with Crippen LogP contribution >= 0.6 is 23.2 Å². The van der Waals surface area contributed by atoms with Crippen LogP contribution in [0, 0.1) is 0 Å². The molecule has 0 aliphatic carbocycles. The Kier molecular flexibility index (Phi) is 5.96. The van der Waals surface area contributed by atoms with E-state index in [-0.39, 0.29) is 11.8 Å². The van der Waals surface area contributed by atoms with E-state index in [0.29, 0.717) is 15.6 Å². The van der Waals surface area contributed by atoms with Crippen LogP contribution in [0.25, 0.3) is 0 Å². The lowest BCUT2D eigenvalue weighted by Gasteiger charge is -2.13. The second kappa shape index (κ2) is 7.00. The third-order valence-electron chi connectivity index (χ3n) is 2.57. The number of carbonyl (C=O) groups excluding carboxylic acids is 1. The minimum absolute atomic E-state index is 0.00256.